The highest BCUT2D eigenvalue weighted by molar-refractivity contribution is 7.45. The molecule has 9 heteroatoms. The molecule has 0 radical (unpaired) electrons. The zero-order chi connectivity index (χ0) is 49.9. The summed E-state index contributed by atoms with van der Waals surface area (Å²) in [7, 11) is 1.28. The number of carbonyl (C=O) groups is 1. The van der Waals surface area contributed by atoms with Crippen molar-refractivity contribution in [2.75, 3.05) is 40.9 Å². The first-order valence-corrected chi connectivity index (χ1v) is 31.5. The minimum absolute atomic E-state index is 0.00250. The topological polar surface area (TPSA) is 108 Å². The molecule has 0 aromatic heterocycles. The molecular weight excluding hydrogens is 864 g/mol. The maximum Gasteiger partial charge on any atom is 0.268 e. The number of likely N-dealkylation sites (N-methyl/N-ethyl adjacent to an activating group) is 1. The summed E-state index contributed by atoms with van der Waals surface area (Å²) in [6, 6.07) is -0.881. The Labute approximate surface area is 424 Å². The Bertz CT molecular complexity index is 1120. The highest BCUT2D eigenvalue weighted by Gasteiger charge is 2.23. The van der Waals surface area contributed by atoms with Crippen LogP contribution in [-0.4, -0.2) is 68.5 Å². The van der Waals surface area contributed by atoms with Crippen LogP contribution in [0.1, 0.15) is 309 Å². The van der Waals surface area contributed by atoms with E-state index in [1.807, 2.05) is 27.2 Å². The van der Waals surface area contributed by atoms with Gasteiger partial charge in [0.2, 0.25) is 5.91 Å². The van der Waals surface area contributed by atoms with Crippen LogP contribution in [0, 0.1) is 0 Å². The third-order valence-corrected chi connectivity index (χ3v) is 15.0. The zero-order valence-electron chi connectivity index (χ0n) is 46.3. The number of carbonyl (C=O) groups excluding carboxylic acids is 1. The van der Waals surface area contributed by atoms with Crippen LogP contribution >= 0.6 is 7.82 Å². The van der Waals surface area contributed by atoms with E-state index in [1.165, 1.54) is 250 Å². The van der Waals surface area contributed by atoms with Crippen LogP contribution < -0.4 is 10.2 Å². The number of rotatable bonds is 56. The van der Waals surface area contributed by atoms with E-state index in [0.29, 0.717) is 17.4 Å². The van der Waals surface area contributed by atoms with Crippen molar-refractivity contribution in [1.82, 2.24) is 5.32 Å². The monoisotopic (exact) mass is 983 g/mol. The number of allylic oxidation sites excluding steroid dienone is 1. The average Bonchev–Trinajstić information content (AvgIpc) is 3.30. The number of hydrogen-bond donors (Lipinski definition) is 2. The van der Waals surface area contributed by atoms with Crippen molar-refractivity contribution in [2.45, 2.75) is 321 Å². The fourth-order valence-electron chi connectivity index (χ4n) is 9.27. The molecule has 1 amide bonds. The molecule has 0 aromatic carbocycles. The molecule has 0 aliphatic rings. The fraction of sp³-hybridized carbons (Fsp3) is 0.949. The molecule has 0 rings (SSSR count). The lowest BCUT2D eigenvalue weighted by atomic mass is 10.0. The van der Waals surface area contributed by atoms with Gasteiger partial charge in [0.25, 0.3) is 7.82 Å². The van der Waals surface area contributed by atoms with E-state index in [4.69, 9.17) is 9.05 Å². The lowest BCUT2D eigenvalue weighted by Gasteiger charge is -2.29. The Balaban J connectivity index is 3.97. The Kier molecular flexibility index (Phi) is 50.6. The third kappa shape index (κ3) is 53.0. The van der Waals surface area contributed by atoms with Gasteiger partial charge < -0.3 is 28.8 Å². The highest BCUT2D eigenvalue weighted by atomic mass is 31.2. The number of aliphatic hydroxyl groups excluding tert-OH is 1. The van der Waals surface area contributed by atoms with Gasteiger partial charge in [0.05, 0.1) is 39.9 Å². The van der Waals surface area contributed by atoms with E-state index in [9.17, 15) is 19.4 Å². The molecule has 406 valence electrons. The van der Waals surface area contributed by atoms with E-state index >= 15 is 0 Å². The number of unbranched alkanes of at least 4 members (excludes halogenated alkanes) is 43. The van der Waals surface area contributed by atoms with Crippen LogP contribution in [-0.2, 0) is 18.4 Å². The summed E-state index contributed by atoms with van der Waals surface area (Å²) in [6.45, 7) is 4.69. The molecule has 0 aliphatic heterocycles. The zero-order valence-corrected chi connectivity index (χ0v) is 47.2. The molecule has 3 atom stereocenters. The van der Waals surface area contributed by atoms with Gasteiger partial charge in [-0.05, 0) is 19.3 Å². The van der Waals surface area contributed by atoms with Crippen molar-refractivity contribution in [3.05, 3.63) is 12.2 Å². The van der Waals surface area contributed by atoms with Crippen LogP contribution in [0.3, 0.4) is 0 Å². The highest BCUT2D eigenvalue weighted by Crippen LogP contribution is 2.38. The lowest BCUT2D eigenvalue weighted by Crippen LogP contribution is -2.45. The van der Waals surface area contributed by atoms with Crippen LogP contribution in [0.15, 0.2) is 12.2 Å². The fourth-order valence-corrected chi connectivity index (χ4v) is 10.00. The van der Waals surface area contributed by atoms with Gasteiger partial charge in [0.15, 0.2) is 0 Å². The van der Waals surface area contributed by atoms with Gasteiger partial charge in [0, 0.05) is 6.42 Å². The molecule has 0 aliphatic carbocycles. The van der Waals surface area contributed by atoms with Crippen molar-refractivity contribution in [3.63, 3.8) is 0 Å². The third-order valence-electron chi connectivity index (χ3n) is 14.0. The number of aliphatic hydroxyl groups is 1. The minimum Gasteiger partial charge on any atom is -0.756 e. The van der Waals surface area contributed by atoms with Crippen molar-refractivity contribution in [1.29, 1.82) is 0 Å². The van der Waals surface area contributed by atoms with Crippen molar-refractivity contribution in [3.8, 4) is 0 Å². The Morgan fingerprint density at radius 1 is 0.500 bits per heavy atom. The van der Waals surface area contributed by atoms with Crippen LogP contribution in [0.5, 0.6) is 0 Å². The van der Waals surface area contributed by atoms with Gasteiger partial charge >= 0.3 is 0 Å². The summed E-state index contributed by atoms with van der Waals surface area (Å²) in [5.41, 5.74) is 0. The van der Waals surface area contributed by atoms with Crippen LogP contribution in [0.2, 0.25) is 0 Å². The van der Waals surface area contributed by atoms with E-state index in [2.05, 4.69) is 19.2 Å². The lowest BCUT2D eigenvalue weighted by molar-refractivity contribution is -0.870. The first kappa shape index (κ1) is 67.2. The van der Waals surface area contributed by atoms with Crippen molar-refractivity contribution < 1.29 is 32.9 Å². The maximum absolute atomic E-state index is 13.0. The van der Waals surface area contributed by atoms with E-state index in [-0.39, 0.29) is 19.1 Å². The number of quaternary nitrogens is 1. The molecule has 0 saturated heterocycles. The molecule has 1 unspecified atom stereocenters. The van der Waals surface area contributed by atoms with E-state index < -0.39 is 20.0 Å². The molecule has 2 N–H and O–H groups in total. The summed E-state index contributed by atoms with van der Waals surface area (Å²) in [5, 5.41) is 13.9. The number of phosphoric acid groups is 1. The summed E-state index contributed by atoms with van der Waals surface area (Å²) in [5.74, 6) is -0.190. The van der Waals surface area contributed by atoms with Crippen LogP contribution in [0.4, 0.5) is 0 Å². The summed E-state index contributed by atoms with van der Waals surface area (Å²) >= 11 is 0. The standard InChI is InChI=1S/C59H119N2O6P/c1-6-8-10-12-14-16-18-20-22-23-24-25-26-27-28-29-30-31-32-33-34-35-36-37-38-39-41-43-45-47-49-51-53-59(63)60-57(56-67-68(64,65)66-55-54-61(3,4)5)58(62)52-50-48-46-44-42-40-21-19-17-15-13-11-9-7-2/h50,52,57-58,62H,6-49,51,53-56H2,1-5H3,(H-,60,63,64,65)/b52-50+/t57-,58+/m0/s1. The van der Waals surface area contributed by atoms with E-state index in [1.54, 1.807) is 6.08 Å². The first-order valence-electron chi connectivity index (χ1n) is 30.1. The second-order valence-corrected chi connectivity index (χ2v) is 23.5. The van der Waals surface area contributed by atoms with Crippen LogP contribution in [0.25, 0.3) is 0 Å². The summed E-state index contributed by atoms with van der Waals surface area (Å²) < 4.78 is 23.3. The van der Waals surface area contributed by atoms with Gasteiger partial charge in [-0.2, -0.15) is 0 Å². The van der Waals surface area contributed by atoms with Gasteiger partial charge in [-0.15, -0.1) is 0 Å². The Morgan fingerprint density at radius 3 is 1.10 bits per heavy atom. The predicted molar refractivity (Wildman–Crippen MR) is 293 cm³/mol. The van der Waals surface area contributed by atoms with E-state index in [0.717, 1.165) is 38.5 Å². The molecule has 68 heavy (non-hydrogen) atoms. The molecule has 0 aromatic rings. The largest absolute Gasteiger partial charge is 0.756 e. The normalized spacial score (nSPS) is 13.9. The number of hydrogen-bond acceptors (Lipinski definition) is 6. The molecule has 8 nitrogen and oxygen atoms in total. The molecule has 0 saturated carbocycles. The Morgan fingerprint density at radius 2 is 0.794 bits per heavy atom. The second kappa shape index (κ2) is 51.2. The molecule has 0 fully saturated rings. The smallest absolute Gasteiger partial charge is 0.268 e. The average molecular weight is 984 g/mol. The molecular formula is C59H119N2O6P. The molecule has 0 bridgehead atoms. The second-order valence-electron chi connectivity index (χ2n) is 22.1. The molecule has 0 spiro atoms. The number of nitrogens with one attached hydrogen (secondary N) is 1. The van der Waals surface area contributed by atoms with Gasteiger partial charge in [-0.1, -0.05) is 296 Å². The summed E-state index contributed by atoms with van der Waals surface area (Å²) in [6.07, 6.45) is 63.1. The predicted octanol–water partition coefficient (Wildman–Crippen LogP) is 17.6. The SMILES string of the molecule is CCCCCCCCCCCCCC/C=C/[C@@H](O)[C@H](COP(=O)([O-])OCC[N+](C)(C)C)NC(=O)CCCCCCCCCCCCCCCCCCCCCCCCCCCCCCCCCC. The van der Waals surface area contributed by atoms with Gasteiger partial charge in [0.1, 0.15) is 13.2 Å². The number of nitrogens with zero attached hydrogens (tertiary/aromatic N) is 1. The maximum atomic E-state index is 13.0. The van der Waals surface area contributed by atoms with Crippen molar-refractivity contribution in [2.24, 2.45) is 0 Å². The Hall–Kier alpha value is -0.760. The van der Waals surface area contributed by atoms with Crippen molar-refractivity contribution >= 4 is 13.7 Å². The quantitative estimate of drug-likeness (QED) is 0.0272. The first-order chi connectivity index (χ1) is 33.0. The molecule has 0 heterocycles. The number of phosphoric ester groups is 1. The number of amides is 1. The van der Waals surface area contributed by atoms with Gasteiger partial charge in [-0.3, -0.25) is 9.36 Å². The van der Waals surface area contributed by atoms with Gasteiger partial charge in [-0.25, -0.2) is 0 Å². The summed E-state index contributed by atoms with van der Waals surface area (Å²) in [4.78, 5) is 25.5. The minimum atomic E-state index is -4.59.